The van der Waals surface area contributed by atoms with E-state index < -0.39 is 11.9 Å². The molecule has 8 nitrogen and oxygen atoms in total. The van der Waals surface area contributed by atoms with Crippen LogP contribution in [0.1, 0.15) is 48.5 Å². The molecule has 1 aromatic carbocycles. The third kappa shape index (κ3) is 4.52. The molecule has 3 fully saturated rings. The number of anilines is 1. The van der Waals surface area contributed by atoms with Crippen LogP contribution in [0.25, 0.3) is 0 Å². The second kappa shape index (κ2) is 9.03. The first-order valence-corrected chi connectivity index (χ1v) is 12.6. The molecule has 0 unspecified atom stereocenters. The Labute approximate surface area is 209 Å². The van der Waals surface area contributed by atoms with E-state index in [-0.39, 0.29) is 23.8 Å². The fraction of sp³-hybridized carbons (Fsp3) is 0.519. The van der Waals surface area contributed by atoms with Gasteiger partial charge in [-0.3, -0.25) is 9.59 Å². The van der Waals surface area contributed by atoms with E-state index in [1.54, 1.807) is 29.3 Å². The van der Waals surface area contributed by atoms with Gasteiger partial charge in [0.15, 0.2) is 6.10 Å². The Balaban J connectivity index is 1.10. The molecule has 36 heavy (non-hydrogen) atoms. The first-order valence-electron chi connectivity index (χ1n) is 12.6. The predicted molar refractivity (Wildman–Crippen MR) is 129 cm³/mol. The smallest absolute Gasteiger partial charge is 0.268 e. The van der Waals surface area contributed by atoms with E-state index in [9.17, 15) is 9.59 Å². The van der Waals surface area contributed by atoms with Crippen LogP contribution >= 0.6 is 0 Å². The molecule has 2 amide bonds. The Morgan fingerprint density at radius 3 is 2.72 bits per heavy atom. The summed E-state index contributed by atoms with van der Waals surface area (Å²) < 4.78 is 31.9. The molecule has 1 atom stereocenters. The largest absolute Gasteiger partial charge is 0.479 e. The van der Waals surface area contributed by atoms with Crippen molar-refractivity contribution in [1.29, 1.82) is 0 Å². The van der Waals surface area contributed by atoms with Gasteiger partial charge in [0.2, 0.25) is 5.88 Å². The summed E-state index contributed by atoms with van der Waals surface area (Å²) in [5, 5.41) is 0. The molecule has 3 aliphatic heterocycles. The molecule has 0 spiro atoms. The van der Waals surface area contributed by atoms with Gasteiger partial charge >= 0.3 is 0 Å². The highest BCUT2D eigenvalue weighted by Crippen LogP contribution is 2.36. The van der Waals surface area contributed by atoms with Crippen molar-refractivity contribution in [2.24, 2.45) is 11.3 Å². The predicted octanol–water partition coefficient (Wildman–Crippen LogP) is 3.58. The van der Waals surface area contributed by atoms with Crippen molar-refractivity contribution >= 4 is 17.5 Å². The Morgan fingerprint density at radius 2 is 2.03 bits per heavy atom. The SMILES string of the molecule is CC1(CN2Cc3c(F)cc(N4CC[C@@H](Oc5ccc(OCCC6CC6)nc5)C4=O)cc3C2=O)COC1. The quantitative estimate of drug-likeness (QED) is 0.529. The van der Waals surface area contributed by atoms with E-state index in [1.165, 1.54) is 23.8 Å². The third-order valence-electron chi connectivity index (χ3n) is 7.45. The standard InChI is InChI=1S/C27H30FN3O5/c1-27(15-34-16-27)14-30-13-21-20(25(30)32)10-18(11-22(21)28)31-8-6-23(26(31)33)36-19-4-5-24(29-12-19)35-9-7-17-2-3-17/h4-5,10-12,17,23H,2-3,6-9,13-16H2,1H3/t23-/m1/s1. The molecule has 2 aromatic rings. The number of nitrogens with zero attached hydrogens (tertiary/aromatic N) is 3. The lowest BCUT2D eigenvalue weighted by Gasteiger charge is -2.40. The summed E-state index contributed by atoms with van der Waals surface area (Å²) in [5.41, 5.74) is 1.00. The van der Waals surface area contributed by atoms with E-state index in [1.807, 2.05) is 0 Å². The highest BCUT2D eigenvalue weighted by Gasteiger charge is 2.41. The minimum absolute atomic E-state index is 0.0950. The summed E-state index contributed by atoms with van der Waals surface area (Å²) in [6.45, 7) is 5.04. The molecule has 4 aliphatic rings. The number of halogens is 1. The van der Waals surface area contributed by atoms with Crippen molar-refractivity contribution in [3.8, 4) is 11.6 Å². The zero-order chi connectivity index (χ0) is 24.9. The molecule has 0 radical (unpaired) electrons. The van der Waals surface area contributed by atoms with Crippen LogP contribution in [0, 0.1) is 17.2 Å². The maximum absolute atomic E-state index is 15.0. The third-order valence-corrected chi connectivity index (χ3v) is 7.45. The second-order valence-electron chi connectivity index (χ2n) is 10.7. The number of rotatable bonds is 9. The van der Waals surface area contributed by atoms with Gasteiger partial charge in [0.05, 0.1) is 26.0 Å². The number of hydrogen-bond donors (Lipinski definition) is 0. The summed E-state index contributed by atoms with van der Waals surface area (Å²) in [6.07, 6.45) is 4.94. The van der Waals surface area contributed by atoms with Crippen LogP contribution in [0.3, 0.4) is 0 Å². The zero-order valence-electron chi connectivity index (χ0n) is 20.4. The molecular formula is C27H30FN3O5. The van der Waals surface area contributed by atoms with Crippen LogP contribution in [0.2, 0.25) is 0 Å². The van der Waals surface area contributed by atoms with Crippen molar-refractivity contribution in [2.75, 3.05) is 37.8 Å². The van der Waals surface area contributed by atoms with E-state index in [4.69, 9.17) is 14.2 Å². The number of carbonyl (C=O) groups excluding carboxylic acids is 2. The van der Waals surface area contributed by atoms with Gasteiger partial charge in [-0.25, -0.2) is 9.37 Å². The van der Waals surface area contributed by atoms with Crippen LogP contribution in [-0.2, 0) is 16.1 Å². The van der Waals surface area contributed by atoms with Crippen molar-refractivity contribution in [3.63, 3.8) is 0 Å². The maximum Gasteiger partial charge on any atom is 0.268 e. The van der Waals surface area contributed by atoms with Crippen molar-refractivity contribution < 1.29 is 28.2 Å². The summed E-state index contributed by atoms with van der Waals surface area (Å²) in [7, 11) is 0. The Bertz CT molecular complexity index is 1180. The number of amides is 2. The normalized spacial score (nSPS) is 22.6. The van der Waals surface area contributed by atoms with Crippen LogP contribution in [0.5, 0.6) is 11.6 Å². The summed E-state index contributed by atoms with van der Waals surface area (Å²) in [4.78, 5) is 33.6. The summed E-state index contributed by atoms with van der Waals surface area (Å²) in [6, 6.07) is 6.46. The highest BCUT2D eigenvalue weighted by molar-refractivity contribution is 6.03. The molecule has 1 saturated carbocycles. The monoisotopic (exact) mass is 495 g/mol. The molecule has 1 aromatic heterocycles. The molecular weight excluding hydrogens is 465 g/mol. The van der Waals surface area contributed by atoms with Crippen LogP contribution in [-0.4, -0.2) is 60.7 Å². The number of carbonyl (C=O) groups is 2. The zero-order valence-corrected chi connectivity index (χ0v) is 20.4. The molecule has 0 bridgehead atoms. The molecule has 0 N–H and O–H groups in total. The van der Waals surface area contributed by atoms with Crippen molar-refractivity contribution in [1.82, 2.24) is 9.88 Å². The van der Waals surface area contributed by atoms with Gasteiger partial charge in [-0.05, 0) is 30.5 Å². The fourth-order valence-corrected chi connectivity index (χ4v) is 5.14. The van der Waals surface area contributed by atoms with Gasteiger partial charge in [-0.15, -0.1) is 0 Å². The average Bonchev–Trinajstić information content (AvgIpc) is 3.53. The van der Waals surface area contributed by atoms with Gasteiger partial charge in [0.1, 0.15) is 11.6 Å². The molecule has 1 aliphatic carbocycles. The van der Waals surface area contributed by atoms with E-state index in [2.05, 4.69) is 11.9 Å². The van der Waals surface area contributed by atoms with Gasteiger partial charge in [0, 0.05) is 54.4 Å². The number of pyridine rings is 1. The first kappa shape index (κ1) is 23.2. The number of ether oxygens (including phenoxy) is 3. The molecule has 6 rings (SSSR count). The highest BCUT2D eigenvalue weighted by atomic mass is 19.1. The van der Waals surface area contributed by atoms with E-state index in [0.29, 0.717) is 67.8 Å². The number of hydrogen-bond acceptors (Lipinski definition) is 6. The minimum atomic E-state index is -0.699. The molecule has 2 saturated heterocycles. The first-order chi connectivity index (χ1) is 17.4. The van der Waals surface area contributed by atoms with Crippen molar-refractivity contribution in [3.05, 3.63) is 47.4 Å². The fourth-order valence-electron chi connectivity index (χ4n) is 5.14. The lowest BCUT2D eigenvalue weighted by atomic mass is 9.88. The van der Waals surface area contributed by atoms with E-state index >= 15 is 4.39 Å². The van der Waals surface area contributed by atoms with Gasteiger partial charge in [0.25, 0.3) is 11.8 Å². The van der Waals surface area contributed by atoms with Gasteiger partial charge < -0.3 is 24.0 Å². The summed E-state index contributed by atoms with van der Waals surface area (Å²) >= 11 is 0. The number of benzene rings is 1. The molecule has 4 heterocycles. The topological polar surface area (TPSA) is 81.2 Å². The Morgan fingerprint density at radius 1 is 1.19 bits per heavy atom. The van der Waals surface area contributed by atoms with Crippen molar-refractivity contribution in [2.45, 2.75) is 45.3 Å². The van der Waals surface area contributed by atoms with Gasteiger partial charge in [-0.2, -0.15) is 0 Å². The lowest BCUT2D eigenvalue weighted by Crippen LogP contribution is -2.48. The Hall–Kier alpha value is -3.20. The van der Waals surface area contributed by atoms with Crippen LogP contribution in [0.4, 0.5) is 10.1 Å². The minimum Gasteiger partial charge on any atom is -0.479 e. The lowest BCUT2D eigenvalue weighted by molar-refractivity contribution is -0.122. The Kier molecular flexibility index (Phi) is 5.82. The number of aromatic nitrogens is 1. The van der Waals surface area contributed by atoms with Gasteiger partial charge in [-0.1, -0.05) is 19.8 Å². The van der Waals surface area contributed by atoms with Crippen LogP contribution in [0.15, 0.2) is 30.5 Å². The second-order valence-corrected chi connectivity index (χ2v) is 10.7. The maximum atomic E-state index is 15.0. The summed E-state index contributed by atoms with van der Waals surface area (Å²) in [5.74, 6) is 0.875. The van der Waals surface area contributed by atoms with Crippen LogP contribution < -0.4 is 14.4 Å². The number of fused-ring (bicyclic) bond motifs is 1. The van der Waals surface area contributed by atoms with E-state index in [0.717, 1.165) is 12.3 Å². The molecule has 9 heteroatoms. The molecule has 190 valence electrons. The average molecular weight is 496 g/mol.